The van der Waals surface area contributed by atoms with Crippen LogP contribution < -0.4 is 10.4 Å². The lowest BCUT2D eigenvalue weighted by Crippen LogP contribution is -2.50. The number of alkyl halides is 3. The molecule has 0 bridgehead atoms. The van der Waals surface area contributed by atoms with Gasteiger partial charge in [-0.1, -0.05) is 18.2 Å². The number of carboxylic acids is 1. The lowest BCUT2D eigenvalue weighted by Gasteiger charge is -2.27. The summed E-state index contributed by atoms with van der Waals surface area (Å²) >= 11 is 0. The van der Waals surface area contributed by atoms with Crippen LogP contribution in [0.15, 0.2) is 42.5 Å². The number of carbonyl (C=O) groups excluding carboxylic acids is 2. The highest BCUT2D eigenvalue weighted by Crippen LogP contribution is 2.31. The van der Waals surface area contributed by atoms with Crippen LogP contribution in [0.2, 0.25) is 0 Å². The molecule has 1 atom stereocenters. The number of hydrogen-bond acceptors (Lipinski definition) is 7. The standard InChI is InChI=1S/C22H27N3O5S.C2HF3O2/c1-22(21(27)23-28,31(4,29)30)11-12-25-14-17-13-16(7-10-19(17)20(25)26)15-5-8-18(9-6-15)24(2)3;3-2(4,5)1(6)7/h5-10,13,28H,11-12,14H2,1-4H3,(H,23,27);(H,6,7)/t22-;/m1./s1. The highest BCUT2D eigenvalue weighted by atomic mass is 32.2. The van der Waals surface area contributed by atoms with E-state index >= 15 is 0 Å². The lowest BCUT2D eigenvalue weighted by atomic mass is 10.0. The SMILES string of the molecule is CN(C)c1ccc(-c2ccc3c(c2)CN(CC[C@](C)(C(=O)NO)S(C)(=O)=O)C3=O)cc1.O=C(O)C(F)(F)F. The van der Waals surface area contributed by atoms with Gasteiger partial charge in [-0.3, -0.25) is 14.8 Å². The van der Waals surface area contributed by atoms with Gasteiger partial charge in [-0.25, -0.2) is 18.7 Å². The number of sulfone groups is 1. The van der Waals surface area contributed by atoms with Gasteiger partial charge in [-0.05, 0) is 54.3 Å². The van der Waals surface area contributed by atoms with Crippen LogP contribution in [-0.4, -0.2) is 79.2 Å². The molecule has 2 aromatic carbocycles. The van der Waals surface area contributed by atoms with Crippen LogP contribution in [0.3, 0.4) is 0 Å². The topological polar surface area (TPSA) is 144 Å². The molecule has 3 N–H and O–H groups in total. The molecule has 2 amide bonds. The van der Waals surface area contributed by atoms with Gasteiger partial charge in [-0.15, -0.1) is 0 Å². The van der Waals surface area contributed by atoms with Crippen molar-refractivity contribution < 1.29 is 46.3 Å². The fourth-order valence-corrected chi connectivity index (χ4v) is 4.47. The third-order valence-corrected chi connectivity index (χ3v) is 8.23. The number of hydrogen-bond donors (Lipinski definition) is 3. The van der Waals surface area contributed by atoms with Gasteiger partial charge in [0.1, 0.15) is 0 Å². The molecule has 0 spiro atoms. The molecule has 0 radical (unpaired) electrons. The minimum atomic E-state index is -5.08. The van der Waals surface area contributed by atoms with Gasteiger partial charge in [0.05, 0.1) is 0 Å². The van der Waals surface area contributed by atoms with E-state index < -0.39 is 32.6 Å². The summed E-state index contributed by atoms with van der Waals surface area (Å²) in [5.41, 5.74) is 5.96. The van der Waals surface area contributed by atoms with Gasteiger partial charge in [0.25, 0.3) is 11.8 Å². The molecule has 3 rings (SSSR count). The van der Waals surface area contributed by atoms with E-state index in [9.17, 15) is 31.2 Å². The number of carboxylic acid groups (broad SMARTS) is 1. The number of rotatable bonds is 7. The Morgan fingerprint density at radius 3 is 2.05 bits per heavy atom. The molecule has 0 saturated carbocycles. The first-order valence-corrected chi connectivity index (χ1v) is 13.0. The Morgan fingerprint density at radius 1 is 1.08 bits per heavy atom. The molecular formula is C24H28F3N3O7S. The zero-order chi connectivity index (χ0) is 29.1. The van der Waals surface area contributed by atoms with Crippen LogP contribution in [0.5, 0.6) is 0 Å². The number of anilines is 1. The Morgan fingerprint density at radius 2 is 1.61 bits per heavy atom. The first kappa shape index (κ1) is 30.6. The van der Waals surface area contributed by atoms with Crippen molar-refractivity contribution in [2.75, 3.05) is 31.8 Å². The van der Waals surface area contributed by atoms with Crippen LogP contribution in [0.4, 0.5) is 18.9 Å². The number of nitrogens with zero attached hydrogens (tertiary/aromatic N) is 2. The summed E-state index contributed by atoms with van der Waals surface area (Å²) in [7, 11) is 0.133. The van der Waals surface area contributed by atoms with E-state index in [2.05, 4.69) is 0 Å². The fourth-order valence-electron chi connectivity index (χ4n) is 3.63. The summed E-state index contributed by atoms with van der Waals surface area (Å²) in [5.74, 6) is -3.97. The summed E-state index contributed by atoms with van der Waals surface area (Å²) in [6.07, 6.45) is -4.27. The number of benzene rings is 2. The lowest BCUT2D eigenvalue weighted by molar-refractivity contribution is -0.192. The van der Waals surface area contributed by atoms with Crippen molar-refractivity contribution in [2.45, 2.75) is 30.8 Å². The smallest absolute Gasteiger partial charge is 0.475 e. The molecular weight excluding hydrogens is 531 g/mol. The van der Waals surface area contributed by atoms with E-state index in [1.165, 1.54) is 17.3 Å². The number of halogens is 3. The van der Waals surface area contributed by atoms with Crippen molar-refractivity contribution in [2.24, 2.45) is 0 Å². The number of hydroxylamine groups is 1. The summed E-state index contributed by atoms with van der Waals surface area (Å²) in [4.78, 5) is 37.2. The van der Waals surface area contributed by atoms with Crippen LogP contribution in [-0.2, 0) is 26.0 Å². The normalized spacial score (nSPS) is 14.6. The summed E-state index contributed by atoms with van der Waals surface area (Å²) in [5, 5.41) is 16.1. The van der Waals surface area contributed by atoms with Gasteiger partial charge >= 0.3 is 12.1 Å². The minimum Gasteiger partial charge on any atom is -0.475 e. The Balaban J connectivity index is 0.000000638. The molecule has 0 unspecified atom stereocenters. The Bertz CT molecular complexity index is 1310. The highest BCUT2D eigenvalue weighted by molar-refractivity contribution is 7.92. The maximum Gasteiger partial charge on any atom is 0.490 e. The second-order valence-electron chi connectivity index (χ2n) is 9.04. The number of nitrogens with one attached hydrogen (secondary N) is 1. The first-order valence-electron chi connectivity index (χ1n) is 11.1. The zero-order valence-electron chi connectivity index (χ0n) is 21.0. The molecule has 0 fully saturated rings. The summed E-state index contributed by atoms with van der Waals surface area (Å²) < 4.78 is 54.2. The van der Waals surface area contributed by atoms with E-state index in [0.29, 0.717) is 12.1 Å². The molecule has 2 aromatic rings. The third-order valence-electron chi connectivity index (χ3n) is 6.20. The number of amides is 2. The fraction of sp³-hybridized carbons (Fsp3) is 0.375. The monoisotopic (exact) mass is 559 g/mol. The molecule has 208 valence electrons. The molecule has 14 heteroatoms. The largest absolute Gasteiger partial charge is 0.490 e. The predicted molar refractivity (Wildman–Crippen MR) is 132 cm³/mol. The zero-order valence-corrected chi connectivity index (χ0v) is 21.9. The average molecular weight is 560 g/mol. The Kier molecular flexibility index (Phi) is 9.17. The van der Waals surface area contributed by atoms with Crippen molar-refractivity contribution in [3.05, 3.63) is 53.6 Å². The third kappa shape index (κ3) is 6.81. The van der Waals surface area contributed by atoms with Gasteiger partial charge in [-0.2, -0.15) is 13.2 Å². The maximum absolute atomic E-state index is 12.8. The van der Waals surface area contributed by atoms with Crippen molar-refractivity contribution in [1.29, 1.82) is 0 Å². The van der Waals surface area contributed by atoms with Gasteiger partial charge in [0.2, 0.25) is 0 Å². The molecule has 1 aliphatic rings. The van der Waals surface area contributed by atoms with Crippen molar-refractivity contribution in [1.82, 2.24) is 10.4 Å². The molecule has 38 heavy (non-hydrogen) atoms. The quantitative estimate of drug-likeness (QED) is 0.347. The van der Waals surface area contributed by atoms with E-state index in [1.807, 2.05) is 55.4 Å². The first-order chi connectivity index (χ1) is 17.4. The van der Waals surface area contributed by atoms with Gasteiger partial charge in [0, 0.05) is 44.7 Å². The van der Waals surface area contributed by atoms with Crippen molar-refractivity contribution >= 4 is 33.3 Å². The van der Waals surface area contributed by atoms with Crippen molar-refractivity contribution in [3.8, 4) is 11.1 Å². The average Bonchev–Trinajstić information content (AvgIpc) is 3.15. The van der Waals surface area contributed by atoms with Crippen LogP contribution in [0, 0.1) is 0 Å². The highest BCUT2D eigenvalue weighted by Gasteiger charge is 2.44. The van der Waals surface area contributed by atoms with Crippen LogP contribution in [0.1, 0.15) is 29.3 Å². The molecule has 0 saturated heterocycles. The van der Waals surface area contributed by atoms with Gasteiger partial charge in [0.15, 0.2) is 14.6 Å². The Hall–Kier alpha value is -3.65. The molecule has 0 aromatic heterocycles. The molecule has 0 aliphatic carbocycles. The number of fused-ring (bicyclic) bond motifs is 1. The molecule has 10 nitrogen and oxygen atoms in total. The van der Waals surface area contributed by atoms with E-state index in [0.717, 1.165) is 28.6 Å². The van der Waals surface area contributed by atoms with Crippen LogP contribution >= 0.6 is 0 Å². The van der Waals surface area contributed by atoms with Gasteiger partial charge < -0.3 is 14.9 Å². The Labute approximate surface area is 217 Å². The number of carbonyl (C=O) groups is 3. The second-order valence-corrected chi connectivity index (χ2v) is 11.5. The van der Waals surface area contributed by atoms with E-state index in [-0.39, 0.29) is 18.9 Å². The summed E-state index contributed by atoms with van der Waals surface area (Å²) in [6.45, 7) is 1.65. The second kappa shape index (κ2) is 11.4. The number of aliphatic carboxylic acids is 1. The van der Waals surface area contributed by atoms with Crippen molar-refractivity contribution in [3.63, 3.8) is 0 Å². The van der Waals surface area contributed by atoms with E-state index in [1.54, 1.807) is 6.07 Å². The molecule has 1 aliphatic heterocycles. The summed E-state index contributed by atoms with van der Waals surface area (Å²) in [6, 6.07) is 13.7. The molecule has 1 heterocycles. The predicted octanol–water partition coefficient (Wildman–Crippen LogP) is 2.71. The van der Waals surface area contributed by atoms with E-state index in [4.69, 9.17) is 15.1 Å². The van der Waals surface area contributed by atoms with Crippen LogP contribution in [0.25, 0.3) is 11.1 Å². The maximum atomic E-state index is 12.8. The minimum absolute atomic E-state index is 0.0668.